The van der Waals surface area contributed by atoms with Gasteiger partial charge in [0.2, 0.25) is 0 Å². The number of carboxylic acids is 1. The Hall–Kier alpha value is -2.61. The van der Waals surface area contributed by atoms with Gasteiger partial charge >= 0.3 is 18.0 Å². The van der Waals surface area contributed by atoms with E-state index in [9.17, 15) is 14.4 Å². The molecular weight excluding hydrogens is 280 g/mol. The van der Waals surface area contributed by atoms with Crippen LogP contribution in [0.2, 0.25) is 0 Å². The van der Waals surface area contributed by atoms with E-state index in [0.717, 1.165) is 0 Å². The molecule has 21 heavy (non-hydrogen) atoms. The van der Waals surface area contributed by atoms with Crippen molar-refractivity contribution >= 4 is 23.7 Å². The molecule has 0 aliphatic carbocycles. The topological polar surface area (TPSA) is 116 Å². The van der Waals surface area contributed by atoms with Crippen molar-refractivity contribution in [3.63, 3.8) is 0 Å². The summed E-state index contributed by atoms with van der Waals surface area (Å²) in [5, 5.41) is 20.2. The molecule has 114 valence electrons. The maximum absolute atomic E-state index is 12.0. The highest BCUT2D eigenvalue weighted by Gasteiger charge is 2.16. The van der Waals surface area contributed by atoms with E-state index < -0.39 is 18.0 Å². The van der Waals surface area contributed by atoms with Gasteiger partial charge in [-0.1, -0.05) is 0 Å². The largest absolute Gasteiger partial charge is 0.478 e. The highest BCUT2D eigenvalue weighted by Crippen LogP contribution is 2.15. The number of rotatable bonds is 6. The molecule has 0 saturated carbocycles. The fourth-order valence-electron chi connectivity index (χ4n) is 1.55. The van der Waals surface area contributed by atoms with E-state index in [1.165, 1.54) is 36.3 Å². The molecule has 0 aliphatic rings. The summed E-state index contributed by atoms with van der Waals surface area (Å²) in [4.78, 5) is 34.9. The first-order valence-corrected chi connectivity index (χ1v) is 6.06. The predicted molar refractivity (Wildman–Crippen MR) is 73.2 cm³/mol. The first kappa shape index (κ1) is 16.4. The number of urea groups is 1. The lowest BCUT2D eigenvalue weighted by atomic mass is 10.2. The first-order valence-electron chi connectivity index (χ1n) is 6.06. The number of anilines is 1. The average Bonchev–Trinajstić information content (AvgIpc) is 2.50. The third-order valence-electron chi connectivity index (χ3n) is 2.61. The number of amides is 2. The number of carbonyl (C=O) groups is 3. The fraction of sp³-hybridized carbons (Fsp3) is 0.308. The van der Waals surface area contributed by atoms with Crippen molar-refractivity contribution in [2.45, 2.75) is 0 Å². The standard InChI is InChI=1S/C13H16N2O6/c1-21-11(17)8-14-13(20)15(6-7-16)10-4-2-9(3-5-10)12(18)19/h2-5,16H,6-8H2,1H3,(H,14,20)(H,18,19). The first-order chi connectivity index (χ1) is 9.99. The summed E-state index contributed by atoms with van der Waals surface area (Å²) < 4.78 is 4.40. The van der Waals surface area contributed by atoms with Crippen molar-refractivity contribution in [2.24, 2.45) is 0 Å². The Morgan fingerprint density at radius 2 is 1.86 bits per heavy atom. The summed E-state index contributed by atoms with van der Waals surface area (Å²) >= 11 is 0. The number of carboxylic acid groups (broad SMARTS) is 1. The Morgan fingerprint density at radius 1 is 1.24 bits per heavy atom. The summed E-state index contributed by atoms with van der Waals surface area (Å²) in [7, 11) is 1.20. The lowest BCUT2D eigenvalue weighted by Crippen LogP contribution is -2.43. The van der Waals surface area contributed by atoms with Gasteiger partial charge in [-0.05, 0) is 24.3 Å². The van der Waals surface area contributed by atoms with Crippen molar-refractivity contribution in [1.29, 1.82) is 0 Å². The van der Waals surface area contributed by atoms with Gasteiger partial charge in [-0.2, -0.15) is 0 Å². The molecule has 8 nitrogen and oxygen atoms in total. The molecule has 1 aromatic carbocycles. The highest BCUT2D eigenvalue weighted by molar-refractivity contribution is 5.94. The highest BCUT2D eigenvalue weighted by atomic mass is 16.5. The van der Waals surface area contributed by atoms with E-state index in [0.29, 0.717) is 5.69 Å². The van der Waals surface area contributed by atoms with E-state index in [-0.39, 0.29) is 25.3 Å². The quantitative estimate of drug-likeness (QED) is 0.639. The van der Waals surface area contributed by atoms with E-state index >= 15 is 0 Å². The maximum atomic E-state index is 12.0. The number of carbonyl (C=O) groups excluding carboxylic acids is 2. The summed E-state index contributed by atoms with van der Waals surface area (Å²) in [6.07, 6.45) is 0. The Balaban J connectivity index is 2.82. The van der Waals surface area contributed by atoms with Crippen molar-refractivity contribution < 1.29 is 29.3 Å². The summed E-state index contributed by atoms with van der Waals surface area (Å²) in [6, 6.07) is 4.97. The van der Waals surface area contributed by atoms with Crippen LogP contribution in [0.1, 0.15) is 10.4 Å². The Morgan fingerprint density at radius 3 is 2.33 bits per heavy atom. The molecule has 0 atom stereocenters. The van der Waals surface area contributed by atoms with Gasteiger partial charge in [-0.15, -0.1) is 0 Å². The van der Waals surface area contributed by atoms with Gasteiger partial charge in [0.15, 0.2) is 0 Å². The number of ether oxygens (including phenoxy) is 1. The number of aliphatic hydroxyl groups is 1. The fourth-order valence-corrected chi connectivity index (χ4v) is 1.55. The van der Waals surface area contributed by atoms with Gasteiger partial charge in [-0.25, -0.2) is 9.59 Å². The van der Waals surface area contributed by atoms with E-state index in [4.69, 9.17) is 10.2 Å². The normalized spacial score (nSPS) is 9.81. The van der Waals surface area contributed by atoms with Crippen LogP contribution >= 0.6 is 0 Å². The van der Waals surface area contributed by atoms with Gasteiger partial charge in [-0.3, -0.25) is 9.69 Å². The number of methoxy groups -OCH3 is 1. The second-order valence-corrected chi connectivity index (χ2v) is 3.96. The lowest BCUT2D eigenvalue weighted by molar-refractivity contribution is -0.139. The molecule has 0 bridgehead atoms. The molecule has 1 rings (SSSR count). The number of esters is 1. The van der Waals surface area contributed by atoms with Crippen LogP contribution in [0.15, 0.2) is 24.3 Å². The summed E-state index contributed by atoms with van der Waals surface area (Å²) in [5.74, 6) is -1.68. The van der Waals surface area contributed by atoms with Gasteiger partial charge in [0.05, 0.1) is 25.8 Å². The summed E-state index contributed by atoms with van der Waals surface area (Å²) in [6.45, 7) is -0.587. The molecule has 0 heterocycles. The van der Waals surface area contributed by atoms with Crippen molar-refractivity contribution in [3.8, 4) is 0 Å². The zero-order chi connectivity index (χ0) is 15.8. The number of nitrogens with one attached hydrogen (secondary N) is 1. The molecule has 2 amide bonds. The van der Waals surface area contributed by atoms with Gasteiger partial charge < -0.3 is 20.3 Å². The minimum Gasteiger partial charge on any atom is -0.478 e. The van der Waals surface area contributed by atoms with Gasteiger partial charge in [0.1, 0.15) is 6.54 Å². The molecule has 0 saturated heterocycles. The Bertz CT molecular complexity index is 514. The van der Waals surface area contributed by atoms with Crippen molar-refractivity contribution in [1.82, 2.24) is 5.32 Å². The second kappa shape index (κ2) is 7.85. The SMILES string of the molecule is COC(=O)CNC(=O)N(CCO)c1ccc(C(=O)O)cc1. The minimum absolute atomic E-state index is 0.000571. The number of nitrogens with zero attached hydrogens (tertiary/aromatic N) is 1. The zero-order valence-electron chi connectivity index (χ0n) is 11.4. The minimum atomic E-state index is -1.08. The van der Waals surface area contributed by atoms with Gasteiger partial charge in [0.25, 0.3) is 0 Å². The van der Waals surface area contributed by atoms with E-state index in [1.807, 2.05) is 0 Å². The Kier molecular flexibility index (Phi) is 6.15. The number of aromatic carboxylic acids is 1. The third kappa shape index (κ3) is 4.77. The van der Waals surface area contributed by atoms with Crippen LogP contribution < -0.4 is 10.2 Å². The molecule has 0 unspecified atom stereocenters. The number of aliphatic hydroxyl groups excluding tert-OH is 1. The van der Waals surface area contributed by atoms with Crippen molar-refractivity contribution in [3.05, 3.63) is 29.8 Å². The monoisotopic (exact) mass is 296 g/mol. The average molecular weight is 296 g/mol. The molecule has 0 aromatic heterocycles. The third-order valence-corrected chi connectivity index (χ3v) is 2.61. The second-order valence-electron chi connectivity index (χ2n) is 3.96. The smallest absolute Gasteiger partial charge is 0.335 e. The van der Waals surface area contributed by atoms with Crippen LogP contribution in [0.4, 0.5) is 10.5 Å². The molecule has 1 aromatic rings. The molecule has 0 radical (unpaired) electrons. The molecule has 0 fully saturated rings. The zero-order valence-corrected chi connectivity index (χ0v) is 11.4. The maximum Gasteiger partial charge on any atom is 0.335 e. The molecule has 0 spiro atoms. The molecule has 8 heteroatoms. The van der Waals surface area contributed by atoms with E-state index in [1.54, 1.807) is 0 Å². The Labute approximate surface area is 120 Å². The number of benzene rings is 1. The van der Waals surface area contributed by atoms with Crippen LogP contribution in [0, 0.1) is 0 Å². The van der Waals surface area contributed by atoms with Crippen molar-refractivity contribution in [2.75, 3.05) is 31.7 Å². The van der Waals surface area contributed by atoms with E-state index in [2.05, 4.69) is 10.1 Å². The number of hydrogen-bond acceptors (Lipinski definition) is 5. The lowest BCUT2D eigenvalue weighted by Gasteiger charge is -2.22. The predicted octanol–water partition coefficient (Wildman–Crippen LogP) is 0.0661. The van der Waals surface area contributed by atoms with Crippen LogP contribution in [0.3, 0.4) is 0 Å². The van der Waals surface area contributed by atoms with Crippen LogP contribution in [-0.4, -0.2) is 55.0 Å². The van der Waals surface area contributed by atoms with Crippen LogP contribution in [0.5, 0.6) is 0 Å². The van der Waals surface area contributed by atoms with Crippen LogP contribution in [0.25, 0.3) is 0 Å². The summed E-state index contributed by atoms with van der Waals surface area (Å²) in [5.41, 5.74) is 0.481. The number of hydrogen-bond donors (Lipinski definition) is 3. The molecular formula is C13H16N2O6. The van der Waals surface area contributed by atoms with Gasteiger partial charge in [0, 0.05) is 5.69 Å². The van der Waals surface area contributed by atoms with Crippen LogP contribution in [-0.2, 0) is 9.53 Å². The molecule has 0 aliphatic heterocycles. The molecule has 3 N–H and O–H groups in total.